The lowest BCUT2D eigenvalue weighted by Gasteiger charge is -2.10. The first-order valence-corrected chi connectivity index (χ1v) is 10.4. The van der Waals surface area contributed by atoms with Gasteiger partial charge in [-0.25, -0.2) is 4.57 Å². The molecule has 0 bridgehead atoms. The average molecular weight is 404 g/mol. The van der Waals surface area contributed by atoms with Gasteiger partial charge >= 0.3 is 0 Å². The fraction of sp³-hybridized carbons (Fsp3) is 0.143. The topological polar surface area (TPSA) is 40.8 Å². The standard InChI is InChI=1S/C28H23N2O/c1-17-8-10-21(19(3)13-17)23-14-20(16-29)15-25-27(23)22-11-9-18(2)26(28(22)31-25)24-7-5-6-12-30(24)4/h5-15H,1-4H3/q+1. The normalized spacial score (nSPS) is 11.2. The maximum Gasteiger partial charge on any atom is 0.216 e. The minimum atomic E-state index is 0.602. The first kappa shape index (κ1) is 19.1. The molecule has 0 unspecified atom stereocenters. The molecule has 0 fully saturated rings. The number of aromatic nitrogens is 1. The van der Waals surface area contributed by atoms with Crippen molar-refractivity contribution in [3.05, 3.63) is 89.1 Å². The van der Waals surface area contributed by atoms with Crippen LogP contribution in [0.5, 0.6) is 0 Å². The summed E-state index contributed by atoms with van der Waals surface area (Å²) in [6.07, 6.45) is 2.05. The van der Waals surface area contributed by atoms with Gasteiger partial charge in [0.15, 0.2) is 6.20 Å². The summed E-state index contributed by atoms with van der Waals surface area (Å²) < 4.78 is 8.59. The Balaban J connectivity index is 1.94. The van der Waals surface area contributed by atoms with Gasteiger partial charge in [-0.15, -0.1) is 0 Å². The Bertz CT molecular complexity index is 1530. The Kier molecular flexibility index (Phi) is 4.38. The fourth-order valence-electron chi connectivity index (χ4n) is 4.56. The van der Waals surface area contributed by atoms with Crippen LogP contribution in [0.3, 0.4) is 0 Å². The number of hydrogen-bond donors (Lipinski definition) is 0. The fourth-order valence-corrected chi connectivity index (χ4v) is 4.56. The highest BCUT2D eigenvalue weighted by atomic mass is 16.3. The van der Waals surface area contributed by atoms with Crippen LogP contribution >= 0.6 is 0 Å². The van der Waals surface area contributed by atoms with E-state index < -0.39 is 0 Å². The van der Waals surface area contributed by atoms with E-state index in [0.29, 0.717) is 5.56 Å². The van der Waals surface area contributed by atoms with E-state index in [1.807, 2.05) is 37.5 Å². The van der Waals surface area contributed by atoms with Gasteiger partial charge in [-0.3, -0.25) is 0 Å². The van der Waals surface area contributed by atoms with Crippen molar-refractivity contribution in [2.24, 2.45) is 7.05 Å². The zero-order valence-corrected chi connectivity index (χ0v) is 18.2. The van der Waals surface area contributed by atoms with Crippen molar-refractivity contribution in [1.82, 2.24) is 0 Å². The molecule has 2 aromatic heterocycles. The Morgan fingerprint density at radius 3 is 2.45 bits per heavy atom. The predicted octanol–water partition coefficient (Wildman–Crippen LogP) is 6.54. The van der Waals surface area contributed by atoms with Crippen molar-refractivity contribution >= 4 is 21.9 Å². The minimum absolute atomic E-state index is 0.602. The zero-order chi connectivity index (χ0) is 21.7. The molecule has 0 saturated heterocycles. The van der Waals surface area contributed by atoms with E-state index in [9.17, 15) is 5.26 Å². The SMILES string of the molecule is Cc1ccc(-c2cc(C#N)cc3oc4c(-c5cccc[n+]5C)c(C)ccc4c23)c(C)c1. The molecule has 0 spiro atoms. The third-order valence-corrected chi connectivity index (χ3v) is 6.06. The lowest BCUT2D eigenvalue weighted by Crippen LogP contribution is -2.30. The number of benzene rings is 3. The van der Waals surface area contributed by atoms with Crippen LogP contribution < -0.4 is 4.57 Å². The van der Waals surface area contributed by atoms with Gasteiger partial charge in [-0.1, -0.05) is 35.9 Å². The molecular formula is C28H23N2O+. The van der Waals surface area contributed by atoms with Crippen LogP contribution in [0.1, 0.15) is 22.3 Å². The summed E-state index contributed by atoms with van der Waals surface area (Å²) >= 11 is 0. The van der Waals surface area contributed by atoms with Gasteiger partial charge in [-0.05, 0) is 61.2 Å². The number of fused-ring (bicyclic) bond motifs is 3. The number of nitriles is 1. The summed E-state index contributed by atoms with van der Waals surface area (Å²) in [7, 11) is 2.05. The van der Waals surface area contributed by atoms with E-state index in [2.05, 4.69) is 67.8 Å². The molecule has 0 N–H and O–H groups in total. The van der Waals surface area contributed by atoms with E-state index in [4.69, 9.17) is 4.42 Å². The van der Waals surface area contributed by atoms with Crippen LogP contribution in [0.15, 0.2) is 71.3 Å². The third-order valence-electron chi connectivity index (χ3n) is 6.06. The summed E-state index contributed by atoms with van der Waals surface area (Å²) in [5.41, 5.74) is 10.1. The summed E-state index contributed by atoms with van der Waals surface area (Å²) in [5.74, 6) is 0. The van der Waals surface area contributed by atoms with Crippen LogP contribution in [-0.4, -0.2) is 0 Å². The van der Waals surface area contributed by atoms with Crippen LogP contribution in [0, 0.1) is 32.1 Å². The molecule has 5 rings (SSSR count). The van der Waals surface area contributed by atoms with Gasteiger partial charge in [0.25, 0.3) is 0 Å². The van der Waals surface area contributed by atoms with Gasteiger partial charge in [0.2, 0.25) is 5.69 Å². The lowest BCUT2D eigenvalue weighted by atomic mass is 9.92. The molecule has 0 atom stereocenters. The molecule has 150 valence electrons. The Morgan fingerprint density at radius 1 is 0.871 bits per heavy atom. The van der Waals surface area contributed by atoms with E-state index in [1.165, 1.54) is 11.1 Å². The number of nitrogens with zero attached hydrogens (tertiary/aromatic N) is 2. The predicted molar refractivity (Wildman–Crippen MR) is 125 cm³/mol. The second kappa shape index (κ2) is 7.11. The number of pyridine rings is 1. The maximum atomic E-state index is 9.67. The monoisotopic (exact) mass is 403 g/mol. The van der Waals surface area contributed by atoms with Crippen molar-refractivity contribution in [1.29, 1.82) is 5.26 Å². The molecule has 0 aliphatic rings. The summed E-state index contributed by atoms with van der Waals surface area (Å²) in [4.78, 5) is 0. The Morgan fingerprint density at radius 2 is 1.71 bits per heavy atom. The van der Waals surface area contributed by atoms with Gasteiger partial charge in [0, 0.05) is 22.9 Å². The van der Waals surface area contributed by atoms with E-state index in [0.717, 1.165) is 49.9 Å². The van der Waals surface area contributed by atoms with Gasteiger partial charge in [-0.2, -0.15) is 5.26 Å². The largest absolute Gasteiger partial charge is 0.455 e. The zero-order valence-electron chi connectivity index (χ0n) is 18.2. The molecule has 3 heteroatoms. The van der Waals surface area contributed by atoms with Gasteiger partial charge in [0.1, 0.15) is 18.2 Å². The molecule has 0 amide bonds. The molecule has 0 aliphatic carbocycles. The molecule has 3 aromatic carbocycles. The summed E-state index contributed by atoms with van der Waals surface area (Å²) in [5, 5.41) is 11.8. The number of hydrogen-bond acceptors (Lipinski definition) is 2. The van der Waals surface area contributed by atoms with Crippen LogP contribution in [0.25, 0.3) is 44.3 Å². The van der Waals surface area contributed by atoms with Crippen LogP contribution in [0.2, 0.25) is 0 Å². The second-order valence-corrected chi connectivity index (χ2v) is 8.26. The van der Waals surface area contributed by atoms with Gasteiger partial charge < -0.3 is 4.42 Å². The van der Waals surface area contributed by atoms with Gasteiger partial charge in [0.05, 0.1) is 17.2 Å². The molecule has 2 heterocycles. The highest BCUT2D eigenvalue weighted by molar-refractivity contribution is 6.16. The Hall–Kier alpha value is -3.90. The van der Waals surface area contributed by atoms with E-state index in [-0.39, 0.29) is 0 Å². The summed E-state index contributed by atoms with van der Waals surface area (Å²) in [6, 6.07) is 23.1. The second-order valence-electron chi connectivity index (χ2n) is 8.26. The molecule has 0 aliphatic heterocycles. The quantitative estimate of drug-likeness (QED) is 0.314. The smallest absolute Gasteiger partial charge is 0.216 e. The highest BCUT2D eigenvalue weighted by Crippen LogP contribution is 2.42. The van der Waals surface area contributed by atoms with E-state index in [1.54, 1.807) is 0 Å². The van der Waals surface area contributed by atoms with E-state index >= 15 is 0 Å². The number of furan rings is 1. The maximum absolute atomic E-state index is 9.67. The van der Waals surface area contributed by atoms with Crippen molar-refractivity contribution in [3.63, 3.8) is 0 Å². The molecular weight excluding hydrogens is 380 g/mol. The third kappa shape index (κ3) is 3.00. The highest BCUT2D eigenvalue weighted by Gasteiger charge is 2.22. The molecule has 3 nitrogen and oxygen atoms in total. The van der Waals surface area contributed by atoms with Crippen LogP contribution in [0.4, 0.5) is 0 Å². The van der Waals surface area contributed by atoms with Crippen LogP contribution in [-0.2, 0) is 7.05 Å². The van der Waals surface area contributed by atoms with Crippen molar-refractivity contribution in [2.45, 2.75) is 20.8 Å². The lowest BCUT2D eigenvalue weighted by molar-refractivity contribution is -0.660. The van der Waals surface area contributed by atoms with Crippen molar-refractivity contribution < 1.29 is 8.98 Å². The summed E-state index contributed by atoms with van der Waals surface area (Å²) in [6.45, 7) is 6.33. The number of aryl methyl sites for hydroxylation is 4. The Labute approximate surface area is 181 Å². The number of rotatable bonds is 2. The molecule has 31 heavy (non-hydrogen) atoms. The van der Waals surface area contributed by atoms with Crippen molar-refractivity contribution in [2.75, 3.05) is 0 Å². The molecule has 0 radical (unpaired) electrons. The first-order chi connectivity index (χ1) is 15.0. The average Bonchev–Trinajstić information content (AvgIpc) is 3.12. The molecule has 0 saturated carbocycles. The molecule has 5 aromatic rings. The minimum Gasteiger partial charge on any atom is -0.455 e. The first-order valence-electron chi connectivity index (χ1n) is 10.4. The van der Waals surface area contributed by atoms with Crippen molar-refractivity contribution in [3.8, 4) is 28.5 Å².